The highest BCUT2D eigenvalue weighted by Gasteiger charge is 2.10. The lowest BCUT2D eigenvalue weighted by Crippen LogP contribution is -2.36. The molecule has 1 aromatic rings. The molecule has 2 rings (SSSR count). The van der Waals surface area contributed by atoms with Crippen LogP contribution in [0, 0.1) is 6.92 Å². The number of anilines is 1. The third kappa shape index (κ3) is 3.72. The zero-order valence-corrected chi connectivity index (χ0v) is 11.5. The molecule has 6 heteroatoms. The number of hydrogen-bond acceptors (Lipinski definition) is 5. The Labute approximate surface area is 111 Å². The standard InChI is InChI=1S/C11H17ClN4S/c1-9-10(12)14-8-15-11(9)13-2-3-16-4-6-17-7-5-16/h8H,2-7H2,1H3,(H,13,14,15). The molecule has 1 N–H and O–H groups in total. The molecule has 2 heterocycles. The lowest BCUT2D eigenvalue weighted by atomic mass is 10.3. The number of thioether (sulfide) groups is 1. The molecule has 1 saturated heterocycles. The fourth-order valence-corrected chi connectivity index (χ4v) is 2.88. The van der Waals surface area contributed by atoms with E-state index in [0.29, 0.717) is 5.15 Å². The Morgan fingerprint density at radius 1 is 1.41 bits per heavy atom. The number of nitrogens with zero attached hydrogens (tertiary/aromatic N) is 3. The van der Waals surface area contributed by atoms with E-state index in [1.165, 1.54) is 30.9 Å². The van der Waals surface area contributed by atoms with E-state index in [1.807, 2.05) is 18.7 Å². The van der Waals surface area contributed by atoms with Gasteiger partial charge in [-0.3, -0.25) is 4.90 Å². The molecule has 0 unspecified atom stereocenters. The zero-order valence-electron chi connectivity index (χ0n) is 9.95. The van der Waals surface area contributed by atoms with E-state index in [0.717, 1.165) is 24.5 Å². The van der Waals surface area contributed by atoms with Gasteiger partial charge in [0, 0.05) is 43.2 Å². The Balaban J connectivity index is 1.79. The number of rotatable bonds is 4. The maximum absolute atomic E-state index is 5.94. The molecule has 94 valence electrons. The normalized spacial score (nSPS) is 17.1. The second kappa shape index (κ2) is 6.42. The third-order valence-electron chi connectivity index (χ3n) is 2.85. The monoisotopic (exact) mass is 272 g/mol. The van der Waals surface area contributed by atoms with Gasteiger partial charge in [0.1, 0.15) is 17.3 Å². The van der Waals surface area contributed by atoms with Gasteiger partial charge in [-0.05, 0) is 6.92 Å². The zero-order chi connectivity index (χ0) is 12.1. The highest BCUT2D eigenvalue weighted by molar-refractivity contribution is 7.99. The molecule has 1 aliphatic heterocycles. The van der Waals surface area contributed by atoms with Gasteiger partial charge < -0.3 is 5.32 Å². The van der Waals surface area contributed by atoms with Gasteiger partial charge >= 0.3 is 0 Å². The summed E-state index contributed by atoms with van der Waals surface area (Å²) in [6.45, 7) is 6.27. The molecule has 0 amide bonds. The number of aromatic nitrogens is 2. The van der Waals surface area contributed by atoms with Crippen molar-refractivity contribution >= 4 is 29.2 Å². The van der Waals surface area contributed by atoms with Crippen LogP contribution < -0.4 is 5.32 Å². The molecule has 17 heavy (non-hydrogen) atoms. The van der Waals surface area contributed by atoms with Gasteiger partial charge in [-0.15, -0.1) is 0 Å². The Bertz CT molecular complexity index is 368. The first-order valence-corrected chi connectivity index (χ1v) is 7.31. The highest BCUT2D eigenvalue weighted by atomic mass is 35.5. The van der Waals surface area contributed by atoms with E-state index in [-0.39, 0.29) is 0 Å². The van der Waals surface area contributed by atoms with Crippen LogP contribution in [-0.2, 0) is 0 Å². The van der Waals surface area contributed by atoms with Crippen LogP contribution in [0.4, 0.5) is 5.82 Å². The van der Waals surface area contributed by atoms with Crippen molar-refractivity contribution < 1.29 is 0 Å². The summed E-state index contributed by atoms with van der Waals surface area (Å²) in [6.07, 6.45) is 1.50. The summed E-state index contributed by atoms with van der Waals surface area (Å²) in [5.41, 5.74) is 0.920. The molecule has 4 nitrogen and oxygen atoms in total. The van der Waals surface area contributed by atoms with Gasteiger partial charge in [-0.2, -0.15) is 11.8 Å². The molecule has 0 spiro atoms. The van der Waals surface area contributed by atoms with E-state index in [1.54, 1.807) is 0 Å². The fourth-order valence-electron chi connectivity index (χ4n) is 1.76. The lowest BCUT2D eigenvalue weighted by Gasteiger charge is -2.26. The Kier molecular flexibility index (Phi) is 4.88. The number of nitrogens with one attached hydrogen (secondary N) is 1. The minimum atomic E-state index is 0.525. The van der Waals surface area contributed by atoms with Gasteiger partial charge in [-0.25, -0.2) is 9.97 Å². The van der Waals surface area contributed by atoms with Crippen LogP contribution in [0.3, 0.4) is 0 Å². The molecule has 1 aliphatic rings. The minimum absolute atomic E-state index is 0.525. The SMILES string of the molecule is Cc1c(Cl)ncnc1NCCN1CCSCC1. The maximum Gasteiger partial charge on any atom is 0.137 e. The van der Waals surface area contributed by atoms with E-state index in [2.05, 4.69) is 20.2 Å². The summed E-state index contributed by atoms with van der Waals surface area (Å²) in [4.78, 5) is 10.6. The largest absolute Gasteiger partial charge is 0.368 e. The van der Waals surface area contributed by atoms with Crippen LogP contribution in [0.1, 0.15) is 5.56 Å². The van der Waals surface area contributed by atoms with Crippen LogP contribution in [0.15, 0.2) is 6.33 Å². The first-order chi connectivity index (χ1) is 8.27. The quantitative estimate of drug-likeness (QED) is 0.848. The molecular weight excluding hydrogens is 256 g/mol. The lowest BCUT2D eigenvalue weighted by molar-refractivity contribution is 0.314. The molecule has 0 saturated carbocycles. The van der Waals surface area contributed by atoms with Crippen LogP contribution >= 0.6 is 23.4 Å². The fraction of sp³-hybridized carbons (Fsp3) is 0.636. The number of hydrogen-bond donors (Lipinski definition) is 1. The third-order valence-corrected chi connectivity index (χ3v) is 4.17. The van der Waals surface area contributed by atoms with E-state index in [4.69, 9.17) is 11.6 Å². The van der Waals surface area contributed by atoms with Gasteiger partial charge in [0.2, 0.25) is 0 Å². The van der Waals surface area contributed by atoms with Gasteiger partial charge in [0.15, 0.2) is 0 Å². The van der Waals surface area contributed by atoms with E-state index in [9.17, 15) is 0 Å². The summed E-state index contributed by atoms with van der Waals surface area (Å²) in [7, 11) is 0. The summed E-state index contributed by atoms with van der Waals surface area (Å²) >= 11 is 7.97. The van der Waals surface area contributed by atoms with Crippen LogP contribution in [0.25, 0.3) is 0 Å². The Morgan fingerprint density at radius 3 is 2.94 bits per heavy atom. The molecule has 0 radical (unpaired) electrons. The highest BCUT2D eigenvalue weighted by Crippen LogP contribution is 2.17. The topological polar surface area (TPSA) is 41.1 Å². The smallest absolute Gasteiger partial charge is 0.137 e. The summed E-state index contributed by atoms with van der Waals surface area (Å²) < 4.78 is 0. The van der Waals surface area contributed by atoms with Crippen LogP contribution in [0.2, 0.25) is 5.15 Å². The van der Waals surface area contributed by atoms with Crippen molar-refractivity contribution in [3.63, 3.8) is 0 Å². The van der Waals surface area contributed by atoms with Crippen LogP contribution in [-0.4, -0.2) is 52.6 Å². The van der Waals surface area contributed by atoms with Crippen molar-refractivity contribution in [3.8, 4) is 0 Å². The molecule has 0 atom stereocenters. The van der Waals surface area contributed by atoms with Crippen molar-refractivity contribution in [1.29, 1.82) is 0 Å². The predicted molar refractivity (Wildman–Crippen MR) is 74.0 cm³/mol. The summed E-state index contributed by atoms with van der Waals surface area (Å²) in [5.74, 6) is 3.34. The second-order valence-corrected chi connectivity index (χ2v) is 5.60. The first kappa shape index (κ1) is 12.9. The van der Waals surface area contributed by atoms with Crippen molar-refractivity contribution in [2.75, 3.05) is 43.0 Å². The minimum Gasteiger partial charge on any atom is -0.368 e. The first-order valence-electron chi connectivity index (χ1n) is 5.78. The van der Waals surface area contributed by atoms with Gasteiger partial charge in [0.05, 0.1) is 0 Å². The molecule has 0 bridgehead atoms. The van der Waals surface area contributed by atoms with Crippen molar-refractivity contribution in [3.05, 3.63) is 17.0 Å². The Morgan fingerprint density at radius 2 is 2.18 bits per heavy atom. The average Bonchev–Trinajstić information content (AvgIpc) is 2.36. The molecule has 0 aromatic carbocycles. The average molecular weight is 273 g/mol. The number of halogens is 1. The maximum atomic E-state index is 5.94. The summed E-state index contributed by atoms with van der Waals surface area (Å²) in [5, 5.41) is 3.84. The van der Waals surface area contributed by atoms with Gasteiger partial charge in [-0.1, -0.05) is 11.6 Å². The molecule has 1 fully saturated rings. The van der Waals surface area contributed by atoms with E-state index >= 15 is 0 Å². The molecular formula is C11H17ClN4S. The van der Waals surface area contributed by atoms with Crippen molar-refractivity contribution in [1.82, 2.24) is 14.9 Å². The predicted octanol–water partition coefficient (Wildman–Crippen LogP) is 1.90. The van der Waals surface area contributed by atoms with Crippen LogP contribution in [0.5, 0.6) is 0 Å². The summed E-state index contributed by atoms with van der Waals surface area (Å²) in [6, 6.07) is 0. The van der Waals surface area contributed by atoms with Crippen molar-refractivity contribution in [2.45, 2.75) is 6.92 Å². The molecule has 0 aliphatic carbocycles. The molecule has 1 aromatic heterocycles. The van der Waals surface area contributed by atoms with Crippen molar-refractivity contribution in [2.24, 2.45) is 0 Å². The Hall–Kier alpha value is -0.520. The van der Waals surface area contributed by atoms with E-state index < -0.39 is 0 Å². The second-order valence-electron chi connectivity index (χ2n) is 4.02. The van der Waals surface area contributed by atoms with Gasteiger partial charge in [0.25, 0.3) is 0 Å².